The van der Waals surface area contributed by atoms with Crippen molar-refractivity contribution in [3.8, 4) is 5.75 Å². The lowest BCUT2D eigenvalue weighted by Crippen LogP contribution is -2.20. The zero-order chi connectivity index (χ0) is 16.3. The van der Waals surface area contributed by atoms with E-state index in [4.69, 9.17) is 9.57 Å². The molecule has 0 radical (unpaired) electrons. The zero-order valence-electron chi connectivity index (χ0n) is 13.1. The molecule has 3 rings (SSSR count). The summed E-state index contributed by atoms with van der Waals surface area (Å²) in [5.74, 6) is 0.560. The van der Waals surface area contributed by atoms with E-state index < -0.39 is 5.60 Å². The molecule has 5 nitrogen and oxygen atoms in total. The first-order valence-electron chi connectivity index (χ1n) is 7.37. The minimum absolute atomic E-state index is 0.160. The van der Waals surface area contributed by atoms with Gasteiger partial charge in [0.25, 0.3) is 5.91 Å². The Morgan fingerprint density at radius 1 is 1.17 bits per heavy atom. The molecule has 2 aromatic carbocycles. The highest BCUT2D eigenvalue weighted by Gasteiger charge is 2.31. The summed E-state index contributed by atoms with van der Waals surface area (Å²) in [6, 6.07) is 14.6. The average Bonchev–Trinajstić information content (AvgIpc) is 3.03. The molecule has 0 unspecified atom stereocenters. The fourth-order valence-corrected chi connectivity index (χ4v) is 2.42. The van der Waals surface area contributed by atoms with Crippen LogP contribution in [0.15, 0.2) is 53.7 Å². The van der Waals surface area contributed by atoms with Gasteiger partial charge in [-0.25, -0.2) is 0 Å². The smallest absolute Gasteiger partial charge is 0.255 e. The predicted octanol–water partition coefficient (Wildman–Crippen LogP) is 3.57. The Bertz CT molecular complexity index is 713. The van der Waals surface area contributed by atoms with Crippen LogP contribution < -0.4 is 10.1 Å². The summed E-state index contributed by atoms with van der Waals surface area (Å²) in [5, 5.41) is 6.71. The van der Waals surface area contributed by atoms with Crippen LogP contribution in [0.1, 0.15) is 29.3 Å². The van der Waals surface area contributed by atoms with Crippen LogP contribution in [0.25, 0.3) is 0 Å². The fourth-order valence-electron chi connectivity index (χ4n) is 2.42. The van der Waals surface area contributed by atoms with Gasteiger partial charge in [-0.15, -0.1) is 0 Å². The SMILES string of the molecule is COc1ccc(C(=O)Nc2ccc([C@]3(C)CC=NO3)cc2)cc1. The number of amides is 1. The van der Waals surface area contributed by atoms with Gasteiger partial charge in [-0.3, -0.25) is 4.79 Å². The van der Waals surface area contributed by atoms with E-state index in [0.717, 1.165) is 23.4 Å². The molecule has 1 atom stereocenters. The molecule has 0 saturated carbocycles. The standard InChI is InChI=1S/C18H18N2O3/c1-18(11-12-19-23-18)14-5-7-15(8-6-14)20-17(21)13-3-9-16(22-2)10-4-13/h3-10,12H,11H2,1-2H3,(H,20,21)/t18-/m0/s1. The molecule has 1 heterocycles. The Hall–Kier alpha value is -2.82. The number of methoxy groups -OCH3 is 1. The van der Waals surface area contributed by atoms with Gasteiger partial charge >= 0.3 is 0 Å². The monoisotopic (exact) mass is 310 g/mol. The van der Waals surface area contributed by atoms with Crippen LogP contribution >= 0.6 is 0 Å². The minimum Gasteiger partial charge on any atom is -0.497 e. The summed E-state index contributed by atoms with van der Waals surface area (Å²) >= 11 is 0. The Labute approximate surface area is 134 Å². The molecule has 0 bridgehead atoms. The maximum Gasteiger partial charge on any atom is 0.255 e. The normalized spacial score (nSPS) is 19.2. The molecule has 0 saturated heterocycles. The summed E-state index contributed by atoms with van der Waals surface area (Å²) in [4.78, 5) is 17.6. The average molecular weight is 310 g/mol. The largest absolute Gasteiger partial charge is 0.497 e. The number of nitrogens with one attached hydrogen (secondary N) is 1. The second-order valence-corrected chi connectivity index (χ2v) is 5.57. The Morgan fingerprint density at radius 2 is 1.87 bits per heavy atom. The number of carbonyl (C=O) groups excluding carboxylic acids is 1. The molecule has 0 aliphatic carbocycles. The molecule has 118 valence electrons. The lowest BCUT2D eigenvalue weighted by molar-refractivity contribution is -0.00736. The van der Waals surface area contributed by atoms with Crippen LogP contribution in [0.2, 0.25) is 0 Å². The van der Waals surface area contributed by atoms with Gasteiger partial charge in [0.15, 0.2) is 5.60 Å². The van der Waals surface area contributed by atoms with E-state index >= 15 is 0 Å². The van der Waals surface area contributed by atoms with Gasteiger partial charge < -0.3 is 14.9 Å². The summed E-state index contributed by atoms with van der Waals surface area (Å²) in [7, 11) is 1.59. The van der Waals surface area contributed by atoms with Crippen LogP contribution in [0.5, 0.6) is 5.75 Å². The topological polar surface area (TPSA) is 59.9 Å². The molecular formula is C18H18N2O3. The Balaban J connectivity index is 1.69. The summed E-state index contributed by atoms with van der Waals surface area (Å²) < 4.78 is 5.08. The van der Waals surface area contributed by atoms with Crippen LogP contribution in [0, 0.1) is 0 Å². The number of nitrogens with zero attached hydrogens (tertiary/aromatic N) is 1. The number of rotatable bonds is 4. The number of hydrogen-bond donors (Lipinski definition) is 1. The molecule has 0 aromatic heterocycles. The maximum absolute atomic E-state index is 12.2. The van der Waals surface area contributed by atoms with Crippen molar-refractivity contribution >= 4 is 17.8 Å². The number of carbonyl (C=O) groups is 1. The molecular weight excluding hydrogens is 292 g/mol. The van der Waals surface area contributed by atoms with E-state index in [-0.39, 0.29) is 5.91 Å². The molecule has 23 heavy (non-hydrogen) atoms. The van der Waals surface area contributed by atoms with Gasteiger partial charge in [0.2, 0.25) is 0 Å². The molecule has 1 aliphatic rings. The van der Waals surface area contributed by atoms with Crippen LogP contribution in [0.4, 0.5) is 5.69 Å². The van der Waals surface area contributed by atoms with Gasteiger partial charge in [0.1, 0.15) is 5.75 Å². The molecule has 5 heteroatoms. The van der Waals surface area contributed by atoms with E-state index in [0.29, 0.717) is 5.56 Å². The highest BCUT2D eigenvalue weighted by atomic mass is 16.7. The first kappa shape index (κ1) is 15.1. The van der Waals surface area contributed by atoms with Crippen molar-refractivity contribution in [3.63, 3.8) is 0 Å². The zero-order valence-corrected chi connectivity index (χ0v) is 13.1. The molecule has 0 fully saturated rings. The van der Waals surface area contributed by atoms with Crippen molar-refractivity contribution in [2.45, 2.75) is 18.9 Å². The third-order valence-corrected chi connectivity index (χ3v) is 3.92. The van der Waals surface area contributed by atoms with Crippen molar-refractivity contribution in [3.05, 3.63) is 59.7 Å². The summed E-state index contributed by atoms with van der Waals surface area (Å²) in [6.07, 6.45) is 2.50. The molecule has 1 N–H and O–H groups in total. The highest BCUT2D eigenvalue weighted by molar-refractivity contribution is 6.04. The van der Waals surface area contributed by atoms with E-state index in [1.807, 2.05) is 31.2 Å². The maximum atomic E-state index is 12.2. The van der Waals surface area contributed by atoms with Gasteiger partial charge in [-0.2, -0.15) is 0 Å². The number of benzene rings is 2. The predicted molar refractivity (Wildman–Crippen MR) is 88.9 cm³/mol. The third-order valence-electron chi connectivity index (χ3n) is 3.92. The number of hydrogen-bond acceptors (Lipinski definition) is 4. The van der Waals surface area contributed by atoms with E-state index in [9.17, 15) is 4.79 Å². The van der Waals surface area contributed by atoms with Gasteiger partial charge in [-0.05, 0) is 48.9 Å². The molecule has 0 spiro atoms. The van der Waals surface area contributed by atoms with Gasteiger partial charge in [0, 0.05) is 23.9 Å². The first-order valence-corrected chi connectivity index (χ1v) is 7.37. The second-order valence-electron chi connectivity index (χ2n) is 5.57. The van der Waals surface area contributed by atoms with Crippen LogP contribution in [0.3, 0.4) is 0 Å². The summed E-state index contributed by atoms with van der Waals surface area (Å²) in [5.41, 5.74) is 1.92. The number of oxime groups is 1. The van der Waals surface area contributed by atoms with Crippen molar-refractivity contribution in [1.82, 2.24) is 0 Å². The quantitative estimate of drug-likeness (QED) is 0.939. The lowest BCUT2D eigenvalue weighted by Gasteiger charge is -2.21. The highest BCUT2D eigenvalue weighted by Crippen LogP contribution is 2.32. The van der Waals surface area contributed by atoms with Crippen molar-refractivity contribution in [2.75, 3.05) is 12.4 Å². The van der Waals surface area contributed by atoms with E-state index in [1.165, 1.54) is 0 Å². The van der Waals surface area contributed by atoms with Crippen molar-refractivity contribution in [1.29, 1.82) is 0 Å². The Morgan fingerprint density at radius 3 is 2.43 bits per heavy atom. The number of anilines is 1. The lowest BCUT2D eigenvalue weighted by atomic mass is 9.93. The van der Waals surface area contributed by atoms with E-state index in [2.05, 4.69) is 10.5 Å². The van der Waals surface area contributed by atoms with Gasteiger partial charge in [-0.1, -0.05) is 17.3 Å². The molecule has 1 aliphatic heterocycles. The Kier molecular flexibility index (Phi) is 4.02. The first-order chi connectivity index (χ1) is 11.1. The second kappa shape index (κ2) is 6.12. The van der Waals surface area contributed by atoms with Crippen molar-refractivity contribution in [2.24, 2.45) is 5.16 Å². The molecule has 2 aromatic rings. The fraction of sp³-hybridized carbons (Fsp3) is 0.222. The van der Waals surface area contributed by atoms with Gasteiger partial charge in [0.05, 0.1) is 7.11 Å². The summed E-state index contributed by atoms with van der Waals surface area (Å²) in [6.45, 7) is 1.99. The number of ether oxygens (including phenoxy) is 1. The van der Waals surface area contributed by atoms with Crippen LogP contribution in [-0.4, -0.2) is 19.2 Å². The van der Waals surface area contributed by atoms with Crippen LogP contribution in [-0.2, 0) is 10.4 Å². The minimum atomic E-state index is -0.418. The van der Waals surface area contributed by atoms with E-state index in [1.54, 1.807) is 37.6 Å². The van der Waals surface area contributed by atoms with Crippen molar-refractivity contribution < 1.29 is 14.4 Å². The third kappa shape index (κ3) is 3.18. The molecule has 1 amide bonds.